The number of rotatable bonds is 6. The maximum atomic E-state index is 13.1. The summed E-state index contributed by atoms with van der Waals surface area (Å²) in [4.78, 5) is 13.1. The fourth-order valence-electron chi connectivity index (χ4n) is 4.88. The van der Waals surface area contributed by atoms with Crippen molar-refractivity contribution >= 4 is 22.4 Å². The predicted octanol–water partition coefficient (Wildman–Crippen LogP) is 6.47. The van der Waals surface area contributed by atoms with E-state index in [0.717, 1.165) is 44.7 Å². The summed E-state index contributed by atoms with van der Waals surface area (Å²) in [6.07, 6.45) is 0. The number of aromatic nitrogens is 2. The number of fused-ring (bicyclic) bond motifs is 1. The topological polar surface area (TPSA) is 51.0 Å². The first-order valence-corrected chi connectivity index (χ1v) is 12.0. The molecule has 34 heavy (non-hydrogen) atoms. The molecule has 3 aromatic carbocycles. The van der Waals surface area contributed by atoms with Crippen molar-refractivity contribution in [2.45, 2.75) is 53.6 Å². The average Bonchev–Trinajstić information content (AvgIpc) is 3.00. The Balaban J connectivity index is 1.97. The van der Waals surface area contributed by atoms with Gasteiger partial charge in [-0.25, -0.2) is 4.79 Å². The lowest BCUT2D eigenvalue weighted by Crippen LogP contribution is -2.19. The summed E-state index contributed by atoms with van der Waals surface area (Å²) >= 11 is 0. The summed E-state index contributed by atoms with van der Waals surface area (Å²) in [6.45, 7) is 12.9. The van der Waals surface area contributed by atoms with E-state index >= 15 is 0 Å². The molecule has 0 aliphatic rings. The van der Waals surface area contributed by atoms with Crippen molar-refractivity contribution in [3.63, 3.8) is 0 Å². The molecule has 0 bridgehead atoms. The van der Waals surface area contributed by atoms with E-state index in [9.17, 15) is 4.79 Å². The summed E-state index contributed by atoms with van der Waals surface area (Å²) in [5.74, 6) is 0. The van der Waals surface area contributed by atoms with Gasteiger partial charge in [0.1, 0.15) is 0 Å². The van der Waals surface area contributed by atoms with Gasteiger partial charge in [-0.05, 0) is 88.1 Å². The maximum absolute atomic E-state index is 13.1. The first-order valence-electron chi connectivity index (χ1n) is 12.0. The van der Waals surface area contributed by atoms with Crippen molar-refractivity contribution in [3.05, 3.63) is 70.1 Å². The Morgan fingerprint density at radius 1 is 0.618 bits per heavy atom. The second kappa shape index (κ2) is 9.05. The van der Waals surface area contributed by atoms with E-state index in [1.807, 2.05) is 14.1 Å². The molecule has 1 heterocycles. The quantitative estimate of drug-likeness (QED) is 0.350. The Morgan fingerprint density at radius 2 is 0.941 bits per heavy atom. The zero-order valence-electron chi connectivity index (χ0n) is 21.6. The second-order valence-corrected chi connectivity index (χ2v) is 9.85. The summed E-state index contributed by atoms with van der Waals surface area (Å²) in [5.41, 5.74) is 11.0. The highest BCUT2D eigenvalue weighted by molar-refractivity contribution is 6.04. The van der Waals surface area contributed by atoms with Crippen molar-refractivity contribution in [1.29, 1.82) is 0 Å². The van der Waals surface area contributed by atoms with Crippen molar-refractivity contribution in [1.82, 2.24) is 9.13 Å². The summed E-state index contributed by atoms with van der Waals surface area (Å²) < 4.78 is 3.57. The maximum Gasteiger partial charge on any atom is 0.328 e. The molecule has 0 saturated heterocycles. The van der Waals surface area contributed by atoms with Crippen molar-refractivity contribution in [2.24, 2.45) is 14.1 Å². The van der Waals surface area contributed by atoms with E-state index in [4.69, 9.17) is 0 Å². The lowest BCUT2D eigenvalue weighted by Gasteiger charge is -2.19. The van der Waals surface area contributed by atoms with Gasteiger partial charge in [0, 0.05) is 48.7 Å². The lowest BCUT2D eigenvalue weighted by atomic mass is 9.88. The van der Waals surface area contributed by atoms with Gasteiger partial charge in [-0.15, -0.1) is 0 Å². The lowest BCUT2D eigenvalue weighted by molar-refractivity contribution is 0.795. The number of hydrogen-bond donors (Lipinski definition) is 2. The van der Waals surface area contributed by atoms with E-state index in [1.54, 1.807) is 9.13 Å². The van der Waals surface area contributed by atoms with Gasteiger partial charge in [0.05, 0.1) is 11.0 Å². The number of aryl methyl sites for hydroxylation is 2. The number of nitrogens with one attached hydrogen (secondary N) is 2. The van der Waals surface area contributed by atoms with Gasteiger partial charge >= 0.3 is 5.69 Å². The minimum Gasteiger partial charge on any atom is -0.383 e. The Labute approximate surface area is 202 Å². The number of anilines is 2. The normalized spacial score (nSPS) is 11.6. The third-order valence-corrected chi connectivity index (χ3v) is 6.51. The predicted molar refractivity (Wildman–Crippen MR) is 146 cm³/mol. The minimum atomic E-state index is -0.0151. The van der Waals surface area contributed by atoms with Crippen LogP contribution >= 0.6 is 0 Å². The molecule has 0 aliphatic carbocycles. The second-order valence-electron chi connectivity index (χ2n) is 9.85. The highest BCUT2D eigenvalue weighted by Crippen LogP contribution is 2.41. The fourth-order valence-corrected chi connectivity index (χ4v) is 4.88. The van der Waals surface area contributed by atoms with E-state index < -0.39 is 0 Å². The first kappa shape index (κ1) is 23.7. The molecule has 2 N–H and O–H groups in total. The van der Waals surface area contributed by atoms with Crippen LogP contribution in [0.2, 0.25) is 0 Å². The smallest absolute Gasteiger partial charge is 0.328 e. The van der Waals surface area contributed by atoms with Gasteiger partial charge in [0.2, 0.25) is 0 Å². The molecule has 4 aromatic rings. The van der Waals surface area contributed by atoms with Crippen LogP contribution in [0.4, 0.5) is 11.4 Å². The third-order valence-electron chi connectivity index (χ3n) is 6.51. The van der Waals surface area contributed by atoms with Crippen LogP contribution in [-0.4, -0.2) is 21.2 Å². The summed E-state index contributed by atoms with van der Waals surface area (Å²) in [7, 11) is 3.74. The molecule has 0 amide bonds. The Bertz CT molecular complexity index is 1280. The monoisotopic (exact) mass is 456 g/mol. The van der Waals surface area contributed by atoms with E-state index in [1.165, 1.54) is 11.1 Å². The Morgan fingerprint density at radius 3 is 1.24 bits per heavy atom. The Kier molecular flexibility index (Phi) is 6.30. The highest BCUT2D eigenvalue weighted by atomic mass is 16.1. The number of imidazole rings is 1. The van der Waals surface area contributed by atoms with Crippen LogP contribution in [0.15, 0.2) is 53.3 Å². The molecule has 1 aromatic heterocycles. The highest BCUT2D eigenvalue weighted by Gasteiger charge is 2.23. The molecule has 0 unspecified atom stereocenters. The first-order chi connectivity index (χ1) is 16.1. The zero-order valence-corrected chi connectivity index (χ0v) is 21.6. The average molecular weight is 457 g/mol. The van der Waals surface area contributed by atoms with Gasteiger partial charge in [0.15, 0.2) is 0 Å². The van der Waals surface area contributed by atoms with Crippen LogP contribution in [0.25, 0.3) is 33.3 Å². The minimum absolute atomic E-state index is 0.0151. The molecule has 178 valence electrons. The fraction of sp³-hybridized carbons (Fsp3) is 0.345. The van der Waals surface area contributed by atoms with Gasteiger partial charge in [-0.3, -0.25) is 9.13 Å². The van der Waals surface area contributed by atoms with Crippen LogP contribution in [0.3, 0.4) is 0 Å². The van der Waals surface area contributed by atoms with Crippen LogP contribution in [0.1, 0.15) is 38.8 Å². The van der Waals surface area contributed by atoms with Crippen molar-refractivity contribution in [2.75, 3.05) is 10.6 Å². The van der Waals surface area contributed by atoms with Gasteiger partial charge in [-0.2, -0.15) is 0 Å². The zero-order chi connectivity index (χ0) is 24.7. The molecule has 5 nitrogen and oxygen atoms in total. The molecule has 0 fully saturated rings. The van der Waals surface area contributed by atoms with Gasteiger partial charge in [-0.1, -0.05) is 24.3 Å². The Hall–Kier alpha value is -3.47. The summed E-state index contributed by atoms with van der Waals surface area (Å²) in [6, 6.07) is 17.8. The van der Waals surface area contributed by atoms with Gasteiger partial charge < -0.3 is 10.6 Å². The molecule has 5 heteroatoms. The molecule has 0 atom stereocenters. The van der Waals surface area contributed by atoms with E-state index in [-0.39, 0.29) is 5.69 Å². The number of hydrogen-bond acceptors (Lipinski definition) is 3. The van der Waals surface area contributed by atoms with E-state index in [0.29, 0.717) is 12.1 Å². The molecular formula is C29H36N4O. The van der Waals surface area contributed by atoms with Crippen LogP contribution in [0.5, 0.6) is 0 Å². The third kappa shape index (κ3) is 4.11. The van der Waals surface area contributed by atoms with Crippen LogP contribution < -0.4 is 16.3 Å². The molecule has 0 radical (unpaired) electrons. The van der Waals surface area contributed by atoms with Gasteiger partial charge in [0.25, 0.3) is 0 Å². The standard InChI is InChI=1S/C29H36N4O/c1-17(2)30-23-13-9-21(10-14-23)25-19(5)20(6)26(28-27(25)32(7)29(34)33(28)8)22-11-15-24(16-12-22)31-18(3)4/h9-18,30-31H,1-8H3. The largest absolute Gasteiger partial charge is 0.383 e. The molecule has 0 aliphatic heterocycles. The number of nitrogens with zero attached hydrogens (tertiary/aromatic N) is 2. The van der Waals surface area contributed by atoms with Crippen LogP contribution in [0, 0.1) is 13.8 Å². The van der Waals surface area contributed by atoms with Crippen molar-refractivity contribution in [3.8, 4) is 22.3 Å². The molecule has 0 spiro atoms. The summed E-state index contributed by atoms with van der Waals surface area (Å²) in [5, 5.41) is 6.91. The molecule has 4 rings (SSSR count). The number of benzene rings is 3. The SMILES string of the molecule is Cc1c(C)c(-c2ccc(NC(C)C)cc2)c2c(c1-c1ccc(NC(C)C)cc1)n(C)c(=O)n2C. The van der Waals surface area contributed by atoms with Crippen molar-refractivity contribution < 1.29 is 0 Å². The van der Waals surface area contributed by atoms with Crippen LogP contribution in [-0.2, 0) is 14.1 Å². The van der Waals surface area contributed by atoms with E-state index in [2.05, 4.69) is 101 Å². The molecule has 0 saturated carbocycles. The molecular weight excluding hydrogens is 420 g/mol.